The number of carbonyl (C=O) groups is 1. The molecule has 0 unspecified atom stereocenters. The zero-order valence-corrected chi connectivity index (χ0v) is 11.8. The van der Waals surface area contributed by atoms with E-state index >= 15 is 0 Å². The van der Waals surface area contributed by atoms with Gasteiger partial charge < -0.3 is 26.3 Å². The number of hydrogen-bond donors (Lipinski definition) is 3. The van der Waals surface area contributed by atoms with E-state index in [4.69, 9.17) is 20.9 Å². The van der Waals surface area contributed by atoms with E-state index in [2.05, 4.69) is 5.32 Å². The third kappa shape index (κ3) is 3.17. The van der Waals surface area contributed by atoms with Crippen LogP contribution in [0.5, 0.6) is 11.5 Å². The summed E-state index contributed by atoms with van der Waals surface area (Å²) in [5, 5.41) is 3.12. The summed E-state index contributed by atoms with van der Waals surface area (Å²) in [4.78, 5) is 11.2. The fourth-order valence-corrected chi connectivity index (χ4v) is 1.86. The lowest BCUT2D eigenvalue weighted by Crippen LogP contribution is -2.11. The number of nitrogen functional groups attached to an aromatic ring is 1. The van der Waals surface area contributed by atoms with E-state index in [1.165, 1.54) is 0 Å². The zero-order valence-electron chi connectivity index (χ0n) is 11.8. The summed E-state index contributed by atoms with van der Waals surface area (Å²) < 4.78 is 10.4. The first-order valence-electron chi connectivity index (χ1n) is 6.23. The van der Waals surface area contributed by atoms with Crippen LogP contribution in [0.4, 0.5) is 17.1 Å². The Bertz CT molecular complexity index is 671. The Morgan fingerprint density at radius 3 is 2.43 bits per heavy atom. The van der Waals surface area contributed by atoms with Crippen molar-refractivity contribution >= 4 is 23.0 Å². The number of primary amides is 1. The lowest BCUT2D eigenvalue weighted by atomic mass is 10.1. The molecule has 0 bridgehead atoms. The lowest BCUT2D eigenvalue weighted by Gasteiger charge is -2.14. The first-order chi connectivity index (χ1) is 10.0. The van der Waals surface area contributed by atoms with Crippen LogP contribution in [0.25, 0.3) is 0 Å². The number of nitrogens with two attached hydrogens (primary N) is 2. The van der Waals surface area contributed by atoms with Gasteiger partial charge >= 0.3 is 0 Å². The largest absolute Gasteiger partial charge is 0.497 e. The molecule has 0 aliphatic carbocycles. The Hall–Kier alpha value is -2.89. The number of benzene rings is 2. The van der Waals surface area contributed by atoms with Crippen LogP contribution in [0.3, 0.4) is 0 Å². The van der Waals surface area contributed by atoms with Gasteiger partial charge in [-0.2, -0.15) is 0 Å². The summed E-state index contributed by atoms with van der Waals surface area (Å²) in [6.45, 7) is 0. The number of anilines is 3. The van der Waals surface area contributed by atoms with Crippen molar-refractivity contribution in [1.29, 1.82) is 0 Å². The van der Waals surface area contributed by atoms with Gasteiger partial charge in [-0.05, 0) is 30.3 Å². The molecule has 2 aromatic rings. The SMILES string of the molecule is COc1ccc(Nc2cc(C(N)=O)ccc2N)c(OC)c1. The number of methoxy groups -OCH3 is 2. The van der Waals surface area contributed by atoms with Crippen LogP contribution < -0.4 is 26.3 Å². The number of amides is 1. The maximum atomic E-state index is 11.2. The van der Waals surface area contributed by atoms with Crippen molar-refractivity contribution in [3.05, 3.63) is 42.0 Å². The van der Waals surface area contributed by atoms with Crippen LogP contribution in [0.2, 0.25) is 0 Å². The van der Waals surface area contributed by atoms with Gasteiger partial charge in [0.05, 0.1) is 31.3 Å². The van der Waals surface area contributed by atoms with Crippen LogP contribution in [0, 0.1) is 0 Å². The van der Waals surface area contributed by atoms with Crippen molar-refractivity contribution in [2.45, 2.75) is 0 Å². The van der Waals surface area contributed by atoms with Crippen LogP contribution in [0.1, 0.15) is 10.4 Å². The van der Waals surface area contributed by atoms with E-state index in [0.717, 1.165) is 0 Å². The van der Waals surface area contributed by atoms with Gasteiger partial charge in [-0.1, -0.05) is 0 Å². The van der Waals surface area contributed by atoms with E-state index in [1.54, 1.807) is 50.6 Å². The van der Waals surface area contributed by atoms with Crippen molar-refractivity contribution in [3.8, 4) is 11.5 Å². The average Bonchev–Trinajstić information content (AvgIpc) is 2.49. The first-order valence-corrected chi connectivity index (χ1v) is 6.23. The predicted molar refractivity (Wildman–Crippen MR) is 82.2 cm³/mol. The second-order valence-electron chi connectivity index (χ2n) is 4.36. The van der Waals surface area contributed by atoms with Gasteiger partial charge in [0.1, 0.15) is 11.5 Å². The molecule has 1 amide bonds. The molecule has 5 N–H and O–H groups in total. The molecule has 2 rings (SSSR count). The van der Waals surface area contributed by atoms with Crippen LogP contribution in [-0.4, -0.2) is 20.1 Å². The highest BCUT2D eigenvalue weighted by Crippen LogP contribution is 2.33. The molecule has 6 nitrogen and oxygen atoms in total. The van der Waals surface area contributed by atoms with Crippen molar-refractivity contribution < 1.29 is 14.3 Å². The highest BCUT2D eigenvalue weighted by Gasteiger charge is 2.09. The minimum Gasteiger partial charge on any atom is -0.497 e. The van der Waals surface area contributed by atoms with Crippen molar-refractivity contribution in [1.82, 2.24) is 0 Å². The molecule has 2 aromatic carbocycles. The van der Waals surface area contributed by atoms with Crippen LogP contribution in [0.15, 0.2) is 36.4 Å². The smallest absolute Gasteiger partial charge is 0.248 e. The van der Waals surface area contributed by atoms with E-state index in [9.17, 15) is 4.79 Å². The third-order valence-electron chi connectivity index (χ3n) is 3.02. The number of hydrogen-bond acceptors (Lipinski definition) is 5. The Labute approximate surface area is 122 Å². The lowest BCUT2D eigenvalue weighted by molar-refractivity contribution is 0.100. The summed E-state index contributed by atoms with van der Waals surface area (Å²) in [5.41, 5.74) is 13.3. The Morgan fingerprint density at radius 2 is 1.81 bits per heavy atom. The Kier molecular flexibility index (Phi) is 4.18. The minimum atomic E-state index is -0.514. The number of ether oxygens (including phenoxy) is 2. The molecule has 0 heterocycles. The second kappa shape index (κ2) is 6.04. The topological polar surface area (TPSA) is 99.6 Å². The third-order valence-corrected chi connectivity index (χ3v) is 3.02. The average molecular weight is 287 g/mol. The molecule has 21 heavy (non-hydrogen) atoms. The summed E-state index contributed by atoms with van der Waals surface area (Å²) >= 11 is 0. The van der Waals surface area contributed by atoms with Gasteiger partial charge in [-0.25, -0.2) is 0 Å². The second-order valence-corrected chi connectivity index (χ2v) is 4.36. The Balaban J connectivity index is 2.37. The normalized spacial score (nSPS) is 10.0. The molecule has 0 fully saturated rings. The monoisotopic (exact) mass is 287 g/mol. The number of rotatable bonds is 5. The fourth-order valence-electron chi connectivity index (χ4n) is 1.86. The molecule has 0 aliphatic heterocycles. The molecular weight excluding hydrogens is 270 g/mol. The van der Waals surface area contributed by atoms with Gasteiger partial charge in [0.25, 0.3) is 0 Å². The molecular formula is C15H17N3O3. The number of carbonyl (C=O) groups excluding carboxylic acids is 1. The van der Waals surface area contributed by atoms with Gasteiger partial charge in [0, 0.05) is 11.6 Å². The molecule has 0 aliphatic rings. The molecule has 0 atom stereocenters. The van der Waals surface area contributed by atoms with Gasteiger partial charge in [0.15, 0.2) is 0 Å². The standard InChI is InChI=1S/C15H17N3O3/c1-20-10-4-6-12(14(8-10)21-2)18-13-7-9(15(17)19)3-5-11(13)16/h3-8,18H,16H2,1-2H3,(H2,17,19). The summed E-state index contributed by atoms with van der Waals surface area (Å²) in [5.74, 6) is 0.759. The molecule has 110 valence electrons. The van der Waals surface area contributed by atoms with Crippen molar-refractivity contribution in [3.63, 3.8) is 0 Å². The summed E-state index contributed by atoms with van der Waals surface area (Å²) in [7, 11) is 3.14. The Morgan fingerprint density at radius 1 is 1.05 bits per heavy atom. The van der Waals surface area contributed by atoms with E-state index < -0.39 is 5.91 Å². The maximum Gasteiger partial charge on any atom is 0.248 e. The molecule has 6 heteroatoms. The molecule has 0 spiro atoms. The predicted octanol–water partition coefficient (Wildman–Crippen LogP) is 2.13. The molecule has 0 radical (unpaired) electrons. The van der Waals surface area contributed by atoms with Gasteiger partial charge in [0.2, 0.25) is 5.91 Å². The van der Waals surface area contributed by atoms with Crippen molar-refractivity contribution in [2.24, 2.45) is 5.73 Å². The summed E-state index contributed by atoms with van der Waals surface area (Å²) in [6.07, 6.45) is 0. The number of nitrogens with one attached hydrogen (secondary N) is 1. The van der Waals surface area contributed by atoms with Crippen LogP contribution in [-0.2, 0) is 0 Å². The van der Waals surface area contributed by atoms with E-state index in [1.807, 2.05) is 0 Å². The highest BCUT2D eigenvalue weighted by atomic mass is 16.5. The quantitative estimate of drug-likeness (QED) is 0.731. The molecule has 0 saturated heterocycles. The van der Waals surface area contributed by atoms with Gasteiger partial charge in [-0.3, -0.25) is 4.79 Å². The van der Waals surface area contributed by atoms with Gasteiger partial charge in [-0.15, -0.1) is 0 Å². The highest BCUT2D eigenvalue weighted by molar-refractivity contribution is 5.95. The fraction of sp³-hybridized carbons (Fsp3) is 0.133. The van der Waals surface area contributed by atoms with Crippen molar-refractivity contribution in [2.75, 3.05) is 25.3 Å². The van der Waals surface area contributed by atoms with Crippen LogP contribution >= 0.6 is 0 Å². The van der Waals surface area contributed by atoms with E-state index in [0.29, 0.717) is 34.1 Å². The minimum absolute atomic E-state index is 0.374. The summed E-state index contributed by atoms with van der Waals surface area (Å²) in [6, 6.07) is 10.1. The maximum absolute atomic E-state index is 11.2. The molecule has 0 saturated carbocycles. The first kappa shape index (κ1) is 14.5. The molecule has 0 aromatic heterocycles. The zero-order chi connectivity index (χ0) is 15.4. The van der Waals surface area contributed by atoms with E-state index in [-0.39, 0.29) is 0 Å².